The molecule has 0 fully saturated rings. The average Bonchev–Trinajstić information content (AvgIpc) is 2.79. The van der Waals surface area contributed by atoms with Gasteiger partial charge in [-0.05, 0) is 63.6 Å². The van der Waals surface area contributed by atoms with Crippen LogP contribution >= 0.6 is 0 Å². The molecule has 0 saturated heterocycles. The van der Waals surface area contributed by atoms with E-state index < -0.39 is 11.7 Å². The molecule has 0 unspecified atom stereocenters. The van der Waals surface area contributed by atoms with Crippen molar-refractivity contribution in [2.24, 2.45) is 0 Å². The van der Waals surface area contributed by atoms with E-state index in [9.17, 15) is 13.2 Å². The smallest absolute Gasteiger partial charge is 0.421 e. The van der Waals surface area contributed by atoms with E-state index in [1.54, 1.807) is 48.5 Å². The molecular formula is C27H33F3N4O2. The van der Waals surface area contributed by atoms with Crippen molar-refractivity contribution in [2.75, 3.05) is 17.2 Å². The molecule has 0 radical (unpaired) electrons. The van der Waals surface area contributed by atoms with Gasteiger partial charge in [-0.3, -0.25) is 0 Å². The summed E-state index contributed by atoms with van der Waals surface area (Å²) in [6.45, 7) is 8.52. The van der Waals surface area contributed by atoms with E-state index in [4.69, 9.17) is 9.47 Å². The first kappa shape index (κ1) is 27.1. The van der Waals surface area contributed by atoms with Crippen molar-refractivity contribution in [3.8, 4) is 11.5 Å². The molecule has 0 aliphatic rings. The molecule has 0 spiro atoms. The number of unbranched alkanes of at least 4 members (excludes halogenated alkanes) is 3. The van der Waals surface area contributed by atoms with Gasteiger partial charge >= 0.3 is 6.18 Å². The van der Waals surface area contributed by atoms with Crippen molar-refractivity contribution in [3.05, 3.63) is 60.3 Å². The number of hydrogen-bond donors (Lipinski definition) is 2. The van der Waals surface area contributed by atoms with Crippen LogP contribution in [0.2, 0.25) is 0 Å². The fourth-order valence-electron chi connectivity index (χ4n) is 3.35. The minimum atomic E-state index is -4.62. The SMILES string of the molecule is CCCCCCOc1cccc(Nc2nc(Nc3ccc(OC(C)(C)C)cc3)ncc2C(F)(F)F)c1. The second kappa shape index (κ2) is 12.0. The highest BCUT2D eigenvalue weighted by Crippen LogP contribution is 2.36. The van der Waals surface area contributed by atoms with E-state index in [1.165, 1.54) is 0 Å². The first-order chi connectivity index (χ1) is 17.0. The minimum absolute atomic E-state index is 0.0262. The number of halogens is 3. The number of nitrogens with zero attached hydrogens (tertiary/aromatic N) is 2. The quantitative estimate of drug-likeness (QED) is 0.258. The zero-order valence-electron chi connectivity index (χ0n) is 21.1. The van der Waals surface area contributed by atoms with Crippen molar-refractivity contribution < 1.29 is 22.6 Å². The molecular weight excluding hydrogens is 469 g/mol. The van der Waals surface area contributed by atoms with Gasteiger partial charge in [0.2, 0.25) is 5.95 Å². The van der Waals surface area contributed by atoms with Crippen LogP contribution in [0.15, 0.2) is 54.7 Å². The van der Waals surface area contributed by atoms with Gasteiger partial charge in [0.15, 0.2) is 0 Å². The largest absolute Gasteiger partial charge is 0.494 e. The van der Waals surface area contributed by atoms with E-state index in [0.717, 1.165) is 31.9 Å². The summed E-state index contributed by atoms with van der Waals surface area (Å²) >= 11 is 0. The molecule has 3 rings (SSSR count). The molecule has 0 aliphatic heterocycles. The summed E-state index contributed by atoms with van der Waals surface area (Å²) in [6, 6.07) is 13.8. The van der Waals surface area contributed by atoms with Crippen molar-refractivity contribution in [1.29, 1.82) is 0 Å². The van der Waals surface area contributed by atoms with Gasteiger partial charge in [0.25, 0.3) is 0 Å². The Morgan fingerprint density at radius 2 is 1.61 bits per heavy atom. The predicted molar refractivity (Wildman–Crippen MR) is 137 cm³/mol. The molecule has 194 valence electrons. The molecule has 1 aromatic heterocycles. The van der Waals surface area contributed by atoms with Crippen LogP contribution < -0.4 is 20.1 Å². The van der Waals surface area contributed by atoms with Gasteiger partial charge in [-0.25, -0.2) is 4.98 Å². The van der Waals surface area contributed by atoms with Gasteiger partial charge in [0.1, 0.15) is 28.5 Å². The highest BCUT2D eigenvalue weighted by Gasteiger charge is 2.35. The third-order valence-corrected chi connectivity index (χ3v) is 4.99. The van der Waals surface area contributed by atoms with Crippen molar-refractivity contribution in [2.45, 2.75) is 65.2 Å². The highest BCUT2D eigenvalue weighted by atomic mass is 19.4. The first-order valence-electron chi connectivity index (χ1n) is 12.0. The summed E-state index contributed by atoms with van der Waals surface area (Å²) in [7, 11) is 0. The Hall–Kier alpha value is -3.49. The molecule has 0 aliphatic carbocycles. The Balaban J connectivity index is 1.75. The molecule has 0 bridgehead atoms. The maximum absolute atomic E-state index is 13.7. The molecule has 2 aromatic carbocycles. The fraction of sp³-hybridized carbons (Fsp3) is 0.407. The van der Waals surface area contributed by atoms with E-state index >= 15 is 0 Å². The average molecular weight is 503 g/mol. The number of rotatable bonds is 11. The van der Waals surface area contributed by atoms with Crippen LogP contribution in [0.5, 0.6) is 11.5 Å². The Morgan fingerprint density at radius 1 is 0.861 bits per heavy atom. The molecule has 1 heterocycles. The molecule has 6 nitrogen and oxygen atoms in total. The summed E-state index contributed by atoms with van der Waals surface area (Å²) in [5.74, 6) is 0.928. The van der Waals surface area contributed by atoms with E-state index in [0.29, 0.717) is 29.5 Å². The lowest BCUT2D eigenvalue weighted by Crippen LogP contribution is -2.22. The molecule has 36 heavy (non-hydrogen) atoms. The first-order valence-corrected chi connectivity index (χ1v) is 12.0. The second-order valence-electron chi connectivity index (χ2n) is 9.38. The summed E-state index contributed by atoms with van der Waals surface area (Å²) in [5, 5.41) is 5.73. The van der Waals surface area contributed by atoms with Crippen LogP contribution in [0.25, 0.3) is 0 Å². The molecule has 9 heteroatoms. The van der Waals surface area contributed by atoms with Gasteiger partial charge in [0, 0.05) is 23.6 Å². The topological polar surface area (TPSA) is 68.3 Å². The number of hydrogen-bond acceptors (Lipinski definition) is 6. The van der Waals surface area contributed by atoms with Gasteiger partial charge in [0.05, 0.1) is 6.61 Å². The maximum Gasteiger partial charge on any atom is 0.421 e. The molecule has 3 aromatic rings. The normalized spacial score (nSPS) is 11.8. The van der Waals surface area contributed by atoms with Crippen LogP contribution in [0, 0.1) is 0 Å². The Kier molecular flexibility index (Phi) is 9.01. The third kappa shape index (κ3) is 8.62. The lowest BCUT2D eigenvalue weighted by Gasteiger charge is -2.21. The zero-order valence-corrected chi connectivity index (χ0v) is 21.1. The summed E-state index contributed by atoms with van der Waals surface area (Å²) in [4.78, 5) is 7.98. The predicted octanol–water partition coefficient (Wildman–Crippen LogP) is 8.12. The second-order valence-corrected chi connectivity index (χ2v) is 9.38. The third-order valence-electron chi connectivity index (χ3n) is 4.99. The maximum atomic E-state index is 13.7. The number of aromatic nitrogens is 2. The lowest BCUT2D eigenvalue weighted by molar-refractivity contribution is -0.137. The Bertz CT molecular complexity index is 1110. The fourth-order valence-corrected chi connectivity index (χ4v) is 3.35. The van der Waals surface area contributed by atoms with Crippen LogP contribution in [0.1, 0.15) is 58.9 Å². The van der Waals surface area contributed by atoms with Crippen LogP contribution in [0.4, 0.5) is 36.3 Å². The van der Waals surface area contributed by atoms with Gasteiger partial charge < -0.3 is 20.1 Å². The monoisotopic (exact) mass is 502 g/mol. The Labute approximate surface area is 210 Å². The molecule has 0 saturated carbocycles. The van der Waals surface area contributed by atoms with Crippen LogP contribution in [-0.2, 0) is 6.18 Å². The van der Waals surface area contributed by atoms with Crippen molar-refractivity contribution >= 4 is 23.1 Å². The van der Waals surface area contributed by atoms with Crippen molar-refractivity contribution in [1.82, 2.24) is 9.97 Å². The summed E-state index contributed by atoms with van der Waals surface area (Å²) in [5.41, 5.74) is -0.267. The van der Waals surface area contributed by atoms with Crippen LogP contribution in [-0.4, -0.2) is 22.2 Å². The highest BCUT2D eigenvalue weighted by molar-refractivity contribution is 5.64. The van der Waals surface area contributed by atoms with E-state index in [-0.39, 0.29) is 17.4 Å². The number of benzene rings is 2. The number of anilines is 4. The number of ether oxygens (including phenoxy) is 2. The number of nitrogens with one attached hydrogen (secondary N) is 2. The van der Waals surface area contributed by atoms with Gasteiger partial charge in [-0.2, -0.15) is 18.2 Å². The standard InChI is InChI=1S/C27H33F3N4O2/c1-5-6-7-8-16-35-22-11-9-10-20(17-22)32-24-23(27(28,29)30)18-31-25(34-24)33-19-12-14-21(15-13-19)36-26(2,3)4/h9-15,17-18H,5-8,16H2,1-4H3,(H2,31,32,33,34). The lowest BCUT2D eigenvalue weighted by atomic mass is 10.2. The van der Waals surface area contributed by atoms with E-state index in [2.05, 4.69) is 27.5 Å². The number of alkyl halides is 3. The van der Waals surface area contributed by atoms with Gasteiger partial charge in [-0.1, -0.05) is 32.3 Å². The molecule has 2 N–H and O–H groups in total. The molecule has 0 amide bonds. The minimum Gasteiger partial charge on any atom is -0.494 e. The summed E-state index contributed by atoms with van der Waals surface area (Å²) in [6.07, 6.45) is 0.418. The van der Waals surface area contributed by atoms with Crippen LogP contribution in [0.3, 0.4) is 0 Å². The van der Waals surface area contributed by atoms with Gasteiger partial charge in [-0.15, -0.1) is 0 Å². The van der Waals surface area contributed by atoms with Crippen molar-refractivity contribution in [3.63, 3.8) is 0 Å². The Morgan fingerprint density at radius 3 is 2.28 bits per heavy atom. The molecule has 0 atom stereocenters. The zero-order chi connectivity index (χ0) is 26.2. The summed E-state index contributed by atoms with van der Waals surface area (Å²) < 4.78 is 52.5. The van der Waals surface area contributed by atoms with E-state index in [1.807, 2.05) is 20.8 Å².